The number of hydrogen-bond acceptors (Lipinski definition) is 2. The lowest BCUT2D eigenvalue weighted by molar-refractivity contribution is 0.175. The zero-order valence-corrected chi connectivity index (χ0v) is 12.7. The first-order chi connectivity index (χ1) is 9.26. The molecule has 2 heteroatoms. The van der Waals surface area contributed by atoms with Crippen LogP contribution in [0.4, 0.5) is 0 Å². The molecule has 1 aliphatic carbocycles. The summed E-state index contributed by atoms with van der Waals surface area (Å²) in [6.07, 6.45) is 10.0. The monoisotopic (exact) mass is 263 g/mol. The van der Waals surface area contributed by atoms with Gasteiger partial charge in [-0.05, 0) is 44.2 Å². The lowest BCUT2D eigenvalue weighted by Gasteiger charge is -2.37. The molecule has 2 rings (SSSR count). The molecule has 0 bridgehead atoms. The van der Waals surface area contributed by atoms with E-state index in [0.717, 1.165) is 24.1 Å². The van der Waals surface area contributed by atoms with Gasteiger partial charge in [-0.25, -0.2) is 0 Å². The second-order valence-electron chi connectivity index (χ2n) is 6.04. The minimum atomic E-state index is 0.489. The van der Waals surface area contributed by atoms with Crippen LogP contribution in [-0.2, 0) is 0 Å². The van der Waals surface area contributed by atoms with Crippen LogP contribution in [0.5, 0.6) is 0 Å². The molecule has 0 aromatic carbocycles. The fourth-order valence-electron chi connectivity index (χ4n) is 3.63. The molecule has 1 aromatic heterocycles. The Labute approximate surface area is 118 Å². The smallest absolute Gasteiger partial charge is 0.101 e. The first kappa shape index (κ1) is 14.6. The third-order valence-electron chi connectivity index (χ3n) is 4.64. The predicted molar refractivity (Wildman–Crippen MR) is 80.2 cm³/mol. The Balaban J connectivity index is 2.15. The summed E-state index contributed by atoms with van der Waals surface area (Å²) in [5.41, 5.74) is 1.36. The molecule has 3 unspecified atom stereocenters. The molecule has 3 atom stereocenters. The first-order valence-electron chi connectivity index (χ1n) is 8.04. The number of aryl methyl sites for hydroxylation is 1. The van der Waals surface area contributed by atoms with Crippen LogP contribution < -0.4 is 5.32 Å². The number of nitrogens with one attached hydrogen (secondary N) is 1. The molecule has 0 saturated heterocycles. The molecule has 2 nitrogen and oxygen atoms in total. The molecular weight excluding hydrogens is 234 g/mol. The van der Waals surface area contributed by atoms with Gasteiger partial charge >= 0.3 is 0 Å². The van der Waals surface area contributed by atoms with Gasteiger partial charge in [0.2, 0.25) is 0 Å². The van der Waals surface area contributed by atoms with Gasteiger partial charge in [0.1, 0.15) is 5.76 Å². The quantitative estimate of drug-likeness (QED) is 0.794. The highest BCUT2D eigenvalue weighted by Crippen LogP contribution is 2.40. The zero-order chi connectivity index (χ0) is 13.7. The third-order valence-corrected chi connectivity index (χ3v) is 4.64. The number of furan rings is 1. The molecule has 0 amide bonds. The Kier molecular flexibility index (Phi) is 5.50. The van der Waals surface area contributed by atoms with Crippen molar-refractivity contribution in [2.24, 2.45) is 11.8 Å². The predicted octanol–water partition coefficient (Wildman–Crippen LogP) is 4.85. The summed E-state index contributed by atoms with van der Waals surface area (Å²) < 4.78 is 5.55. The van der Waals surface area contributed by atoms with Crippen molar-refractivity contribution in [1.82, 2.24) is 5.32 Å². The van der Waals surface area contributed by atoms with Gasteiger partial charge in [0.25, 0.3) is 0 Å². The molecule has 1 aromatic rings. The second kappa shape index (κ2) is 7.14. The fourth-order valence-corrected chi connectivity index (χ4v) is 3.63. The van der Waals surface area contributed by atoms with Crippen molar-refractivity contribution in [1.29, 1.82) is 0 Å². The average molecular weight is 263 g/mol. The first-order valence-corrected chi connectivity index (χ1v) is 8.04. The maximum atomic E-state index is 5.55. The van der Waals surface area contributed by atoms with Crippen LogP contribution in [0.2, 0.25) is 0 Å². The summed E-state index contributed by atoms with van der Waals surface area (Å²) in [5, 5.41) is 3.77. The van der Waals surface area contributed by atoms with Crippen LogP contribution in [0, 0.1) is 18.8 Å². The molecule has 1 aliphatic rings. The van der Waals surface area contributed by atoms with E-state index in [0.29, 0.717) is 6.04 Å². The Bertz CT molecular complexity index is 371. The third kappa shape index (κ3) is 3.62. The van der Waals surface area contributed by atoms with Crippen molar-refractivity contribution >= 4 is 0 Å². The van der Waals surface area contributed by atoms with E-state index in [4.69, 9.17) is 4.42 Å². The fraction of sp³-hybridized carbons (Fsp3) is 0.765. The summed E-state index contributed by atoms with van der Waals surface area (Å²) in [6, 6.07) is 2.71. The zero-order valence-electron chi connectivity index (χ0n) is 12.7. The lowest BCUT2D eigenvalue weighted by atomic mass is 9.72. The maximum Gasteiger partial charge on any atom is 0.101 e. The van der Waals surface area contributed by atoms with Crippen LogP contribution >= 0.6 is 0 Å². The molecule has 0 spiro atoms. The highest BCUT2D eigenvalue weighted by Gasteiger charge is 2.32. The van der Waals surface area contributed by atoms with Crippen LogP contribution in [0.1, 0.15) is 69.7 Å². The Hall–Kier alpha value is -0.760. The van der Waals surface area contributed by atoms with Gasteiger partial charge in [-0.2, -0.15) is 0 Å². The Morgan fingerprint density at radius 3 is 2.74 bits per heavy atom. The van der Waals surface area contributed by atoms with Crippen LogP contribution in [0.3, 0.4) is 0 Å². The minimum absolute atomic E-state index is 0.489. The largest absolute Gasteiger partial charge is 0.469 e. The van der Waals surface area contributed by atoms with Gasteiger partial charge in [-0.3, -0.25) is 0 Å². The molecular formula is C17H29NO. The van der Waals surface area contributed by atoms with Crippen LogP contribution in [-0.4, -0.2) is 6.54 Å². The van der Waals surface area contributed by atoms with E-state index in [2.05, 4.69) is 25.2 Å². The number of hydrogen-bond donors (Lipinski definition) is 1. The van der Waals surface area contributed by atoms with Gasteiger partial charge < -0.3 is 9.73 Å². The van der Waals surface area contributed by atoms with E-state index < -0.39 is 0 Å². The summed E-state index contributed by atoms with van der Waals surface area (Å²) in [7, 11) is 0. The van der Waals surface area contributed by atoms with Crippen molar-refractivity contribution in [2.45, 2.75) is 65.3 Å². The van der Waals surface area contributed by atoms with Crippen LogP contribution in [0.25, 0.3) is 0 Å². The SMILES string of the molecule is CCCNC(c1coc(C)c1)C1CCCCC1CC. The van der Waals surface area contributed by atoms with Crippen molar-refractivity contribution < 1.29 is 4.42 Å². The van der Waals surface area contributed by atoms with Gasteiger partial charge in [0, 0.05) is 11.6 Å². The van der Waals surface area contributed by atoms with Crippen molar-refractivity contribution in [3.63, 3.8) is 0 Å². The molecule has 1 fully saturated rings. The summed E-state index contributed by atoms with van der Waals surface area (Å²) >= 11 is 0. The van der Waals surface area contributed by atoms with E-state index in [1.54, 1.807) is 0 Å². The van der Waals surface area contributed by atoms with Crippen molar-refractivity contribution in [2.75, 3.05) is 6.54 Å². The van der Waals surface area contributed by atoms with E-state index in [9.17, 15) is 0 Å². The standard InChI is InChI=1S/C17H29NO/c1-4-10-18-17(15-11-13(3)19-12-15)16-9-7-6-8-14(16)5-2/h11-12,14,16-18H,4-10H2,1-3H3. The van der Waals surface area contributed by atoms with E-state index in [1.807, 2.05) is 13.2 Å². The van der Waals surface area contributed by atoms with E-state index in [1.165, 1.54) is 44.1 Å². The number of rotatable bonds is 6. The average Bonchev–Trinajstić information content (AvgIpc) is 2.86. The van der Waals surface area contributed by atoms with Gasteiger partial charge in [-0.15, -0.1) is 0 Å². The summed E-state index contributed by atoms with van der Waals surface area (Å²) in [6.45, 7) is 7.73. The molecule has 19 heavy (non-hydrogen) atoms. The van der Waals surface area contributed by atoms with Crippen molar-refractivity contribution in [3.8, 4) is 0 Å². The normalized spacial score (nSPS) is 25.4. The summed E-state index contributed by atoms with van der Waals surface area (Å²) in [4.78, 5) is 0. The molecule has 0 aliphatic heterocycles. The second-order valence-corrected chi connectivity index (χ2v) is 6.04. The highest BCUT2D eigenvalue weighted by atomic mass is 16.3. The molecule has 1 saturated carbocycles. The molecule has 108 valence electrons. The highest BCUT2D eigenvalue weighted by molar-refractivity contribution is 5.18. The molecule has 1 heterocycles. The van der Waals surface area contributed by atoms with E-state index >= 15 is 0 Å². The summed E-state index contributed by atoms with van der Waals surface area (Å²) in [5.74, 6) is 2.68. The van der Waals surface area contributed by atoms with Gasteiger partial charge in [0.15, 0.2) is 0 Å². The van der Waals surface area contributed by atoms with Crippen LogP contribution in [0.15, 0.2) is 16.7 Å². The maximum absolute atomic E-state index is 5.55. The lowest BCUT2D eigenvalue weighted by Crippen LogP contribution is -2.34. The topological polar surface area (TPSA) is 25.2 Å². The Morgan fingerprint density at radius 1 is 1.32 bits per heavy atom. The minimum Gasteiger partial charge on any atom is -0.469 e. The van der Waals surface area contributed by atoms with Gasteiger partial charge in [-0.1, -0.05) is 39.5 Å². The Morgan fingerprint density at radius 2 is 2.11 bits per heavy atom. The van der Waals surface area contributed by atoms with E-state index in [-0.39, 0.29) is 0 Å². The van der Waals surface area contributed by atoms with Gasteiger partial charge in [0.05, 0.1) is 6.26 Å². The molecule has 1 N–H and O–H groups in total. The van der Waals surface area contributed by atoms with Crippen molar-refractivity contribution in [3.05, 3.63) is 23.7 Å². The molecule has 0 radical (unpaired) electrons.